The molecule has 0 aliphatic rings. The number of carbonyl (C=O) groups is 1. The number of aryl methyl sites for hydroxylation is 1. The molecule has 0 bridgehead atoms. The molecule has 1 aromatic heterocycles. The molecule has 0 radical (unpaired) electrons. The van der Waals surface area contributed by atoms with Gasteiger partial charge in [-0.3, -0.25) is 4.79 Å². The second kappa shape index (κ2) is 5.60. The molecule has 0 aliphatic heterocycles. The van der Waals surface area contributed by atoms with Crippen LogP contribution >= 0.6 is 0 Å². The Bertz CT molecular complexity index is 639. The van der Waals surface area contributed by atoms with Crippen molar-refractivity contribution in [1.29, 1.82) is 0 Å². The molecule has 2 aromatic rings. The summed E-state index contributed by atoms with van der Waals surface area (Å²) in [6.45, 7) is 1.33. The molecule has 3 N–H and O–H groups in total. The van der Waals surface area contributed by atoms with Crippen LogP contribution in [0.3, 0.4) is 0 Å². The van der Waals surface area contributed by atoms with Gasteiger partial charge in [0.25, 0.3) is 5.91 Å². The normalized spacial score (nSPS) is 12.7. The van der Waals surface area contributed by atoms with Crippen molar-refractivity contribution in [2.45, 2.75) is 13.0 Å². The van der Waals surface area contributed by atoms with Gasteiger partial charge >= 0.3 is 0 Å². The Labute approximate surface area is 115 Å². The van der Waals surface area contributed by atoms with Crippen LogP contribution < -0.4 is 0 Å². The number of nitrogens with zero attached hydrogens (tertiary/aromatic N) is 1. The number of aliphatic hydroxyl groups is 2. The van der Waals surface area contributed by atoms with E-state index in [4.69, 9.17) is 5.11 Å². The van der Waals surface area contributed by atoms with Gasteiger partial charge in [0.05, 0.1) is 18.2 Å². The van der Waals surface area contributed by atoms with Gasteiger partial charge in [-0.2, -0.15) is 0 Å². The molecule has 6 heteroatoms. The van der Waals surface area contributed by atoms with Crippen molar-refractivity contribution in [3.05, 3.63) is 35.3 Å². The number of aromatic nitrogens is 1. The molecule has 108 valence electrons. The Morgan fingerprint density at radius 2 is 2.20 bits per heavy atom. The number of aliphatic hydroxyl groups excluding tert-OH is 2. The van der Waals surface area contributed by atoms with Crippen molar-refractivity contribution in [3.63, 3.8) is 0 Å². The summed E-state index contributed by atoms with van der Waals surface area (Å²) in [6.07, 6.45) is -0.995. The summed E-state index contributed by atoms with van der Waals surface area (Å²) in [6, 6.07) is 4.65. The molecule has 0 saturated carbocycles. The van der Waals surface area contributed by atoms with Crippen LogP contribution in [0.15, 0.2) is 18.2 Å². The highest BCUT2D eigenvalue weighted by Gasteiger charge is 2.21. The maximum atomic E-state index is 13.7. The van der Waals surface area contributed by atoms with Gasteiger partial charge in [-0.05, 0) is 18.6 Å². The number of likely N-dealkylation sites (N-methyl/N-ethyl adjacent to an activating group) is 1. The van der Waals surface area contributed by atoms with Gasteiger partial charge in [0.1, 0.15) is 11.5 Å². The van der Waals surface area contributed by atoms with E-state index in [9.17, 15) is 14.3 Å². The molecule has 1 atom stereocenters. The van der Waals surface area contributed by atoms with Gasteiger partial charge in [-0.1, -0.05) is 12.1 Å². The smallest absolute Gasteiger partial charge is 0.270 e. The Morgan fingerprint density at radius 1 is 1.50 bits per heavy atom. The average Bonchev–Trinajstić information content (AvgIpc) is 2.77. The Morgan fingerprint density at radius 3 is 2.80 bits per heavy atom. The van der Waals surface area contributed by atoms with Crippen LogP contribution in [0.2, 0.25) is 0 Å². The molecule has 0 unspecified atom stereocenters. The maximum Gasteiger partial charge on any atom is 0.270 e. The second-order valence-corrected chi connectivity index (χ2v) is 4.81. The van der Waals surface area contributed by atoms with E-state index in [1.54, 1.807) is 19.1 Å². The minimum Gasteiger partial charge on any atom is -0.394 e. The van der Waals surface area contributed by atoms with Crippen molar-refractivity contribution in [3.8, 4) is 0 Å². The molecular formula is C14H17FN2O3. The zero-order valence-corrected chi connectivity index (χ0v) is 11.4. The third-order valence-corrected chi connectivity index (χ3v) is 3.30. The van der Waals surface area contributed by atoms with Gasteiger partial charge in [-0.25, -0.2) is 4.39 Å². The fourth-order valence-corrected chi connectivity index (χ4v) is 2.18. The Hall–Kier alpha value is -1.92. The summed E-state index contributed by atoms with van der Waals surface area (Å²) >= 11 is 0. The van der Waals surface area contributed by atoms with Crippen LogP contribution in [0.25, 0.3) is 10.9 Å². The number of benzene rings is 1. The highest BCUT2D eigenvalue weighted by atomic mass is 19.1. The minimum absolute atomic E-state index is 0.00657. The summed E-state index contributed by atoms with van der Waals surface area (Å²) in [5, 5.41) is 18.8. The second-order valence-electron chi connectivity index (χ2n) is 4.81. The summed E-state index contributed by atoms with van der Waals surface area (Å²) < 4.78 is 13.7. The molecule has 0 spiro atoms. The number of para-hydroxylation sites is 1. The van der Waals surface area contributed by atoms with Gasteiger partial charge in [0, 0.05) is 19.0 Å². The number of H-pyrrole nitrogens is 1. The standard InChI is InChI=1S/C14H17FN2O3/c1-8-10-4-3-5-11(15)13(10)16-12(8)14(20)17(2)6-9(19)7-18/h3-5,9,16,18-19H,6-7H2,1-2H3/t9-/m1/s1. The molecule has 5 nitrogen and oxygen atoms in total. The summed E-state index contributed by atoms with van der Waals surface area (Å²) in [4.78, 5) is 16.4. The van der Waals surface area contributed by atoms with E-state index in [0.29, 0.717) is 16.5 Å². The van der Waals surface area contributed by atoms with E-state index in [1.807, 2.05) is 0 Å². The van der Waals surface area contributed by atoms with Crippen molar-refractivity contribution in [2.75, 3.05) is 20.2 Å². The van der Waals surface area contributed by atoms with Crippen molar-refractivity contribution in [1.82, 2.24) is 9.88 Å². The molecule has 0 saturated heterocycles. The topological polar surface area (TPSA) is 76.6 Å². The van der Waals surface area contributed by atoms with Crippen molar-refractivity contribution < 1.29 is 19.4 Å². The van der Waals surface area contributed by atoms with Crippen molar-refractivity contribution in [2.24, 2.45) is 0 Å². The van der Waals surface area contributed by atoms with E-state index < -0.39 is 18.5 Å². The van der Waals surface area contributed by atoms with Crippen LogP contribution in [0.1, 0.15) is 16.1 Å². The lowest BCUT2D eigenvalue weighted by Crippen LogP contribution is -2.36. The van der Waals surface area contributed by atoms with Gasteiger partial charge in [-0.15, -0.1) is 0 Å². The zero-order valence-electron chi connectivity index (χ0n) is 11.4. The lowest BCUT2D eigenvalue weighted by atomic mass is 10.1. The third-order valence-electron chi connectivity index (χ3n) is 3.30. The van der Waals surface area contributed by atoms with Crippen LogP contribution in [-0.4, -0.2) is 52.3 Å². The third kappa shape index (κ3) is 2.52. The highest BCUT2D eigenvalue weighted by molar-refractivity contribution is 6.00. The number of amides is 1. The van der Waals surface area contributed by atoms with E-state index in [-0.39, 0.29) is 18.1 Å². The molecule has 1 amide bonds. The highest BCUT2D eigenvalue weighted by Crippen LogP contribution is 2.24. The molecule has 1 aromatic carbocycles. The number of hydrogen-bond donors (Lipinski definition) is 3. The molecule has 2 rings (SSSR count). The van der Waals surface area contributed by atoms with E-state index in [0.717, 1.165) is 0 Å². The van der Waals surface area contributed by atoms with Crippen LogP contribution in [-0.2, 0) is 0 Å². The number of hydrogen-bond acceptors (Lipinski definition) is 3. The van der Waals surface area contributed by atoms with E-state index in [1.165, 1.54) is 18.0 Å². The van der Waals surface area contributed by atoms with Crippen molar-refractivity contribution >= 4 is 16.8 Å². The maximum absolute atomic E-state index is 13.7. The Balaban J connectivity index is 2.35. The monoisotopic (exact) mass is 280 g/mol. The van der Waals surface area contributed by atoms with Crippen LogP contribution in [0.5, 0.6) is 0 Å². The minimum atomic E-state index is -0.995. The summed E-state index contributed by atoms with van der Waals surface area (Å²) in [7, 11) is 1.52. The number of aromatic amines is 1. The van der Waals surface area contributed by atoms with Gasteiger partial charge < -0.3 is 20.1 Å². The summed E-state index contributed by atoms with van der Waals surface area (Å²) in [5.74, 6) is -0.770. The predicted octanol–water partition coefficient (Wildman–Crippen LogP) is 1.04. The van der Waals surface area contributed by atoms with E-state index in [2.05, 4.69) is 4.98 Å². The number of nitrogens with one attached hydrogen (secondary N) is 1. The fourth-order valence-electron chi connectivity index (χ4n) is 2.18. The molecule has 20 heavy (non-hydrogen) atoms. The zero-order chi connectivity index (χ0) is 14.9. The SMILES string of the molecule is Cc1c(C(=O)N(C)C[C@@H](O)CO)[nH]c2c(F)cccc12. The molecular weight excluding hydrogens is 263 g/mol. The number of rotatable bonds is 4. The molecule has 0 aliphatic carbocycles. The Kier molecular flexibility index (Phi) is 4.06. The first-order valence-electron chi connectivity index (χ1n) is 6.27. The number of halogens is 1. The first-order chi connectivity index (χ1) is 9.45. The van der Waals surface area contributed by atoms with Crippen LogP contribution in [0, 0.1) is 12.7 Å². The molecule has 1 heterocycles. The number of fused-ring (bicyclic) bond motifs is 1. The van der Waals surface area contributed by atoms with E-state index >= 15 is 0 Å². The molecule has 0 fully saturated rings. The predicted molar refractivity (Wildman–Crippen MR) is 73.0 cm³/mol. The largest absolute Gasteiger partial charge is 0.394 e. The quantitative estimate of drug-likeness (QED) is 0.783. The van der Waals surface area contributed by atoms with Gasteiger partial charge in [0.15, 0.2) is 0 Å². The van der Waals surface area contributed by atoms with Gasteiger partial charge in [0.2, 0.25) is 0 Å². The summed E-state index contributed by atoms with van der Waals surface area (Å²) in [5.41, 5.74) is 1.25. The lowest BCUT2D eigenvalue weighted by Gasteiger charge is -2.19. The fraction of sp³-hybridized carbons (Fsp3) is 0.357. The average molecular weight is 280 g/mol. The van der Waals surface area contributed by atoms with Crippen LogP contribution in [0.4, 0.5) is 4.39 Å². The number of carbonyl (C=O) groups excluding carboxylic acids is 1. The first kappa shape index (κ1) is 14.5. The lowest BCUT2D eigenvalue weighted by molar-refractivity contribution is 0.0516. The first-order valence-corrected chi connectivity index (χ1v) is 6.27.